The first kappa shape index (κ1) is 23.6. The Kier molecular flexibility index (Phi) is 8.02. The predicted molar refractivity (Wildman–Crippen MR) is 142 cm³/mol. The molecule has 1 fully saturated rings. The molecule has 0 bridgehead atoms. The third kappa shape index (κ3) is 6.73. The van der Waals surface area contributed by atoms with Gasteiger partial charge in [-0.15, -0.1) is 0 Å². The van der Waals surface area contributed by atoms with Gasteiger partial charge >= 0.3 is 0 Å². The van der Waals surface area contributed by atoms with Crippen molar-refractivity contribution in [3.05, 3.63) is 108 Å². The van der Waals surface area contributed by atoms with Crippen LogP contribution in [0.3, 0.4) is 0 Å². The Hall–Kier alpha value is -3.54. The van der Waals surface area contributed by atoms with Gasteiger partial charge in [0.2, 0.25) is 0 Å². The molecule has 0 atom stereocenters. The lowest BCUT2D eigenvalue weighted by atomic mass is 10.0. The van der Waals surface area contributed by atoms with Crippen LogP contribution in [0.15, 0.2) is 96.3 Å². The maximum atomic E-state index is 5.78. The topological polar surface area (TPSA) is 66.5 Å². The molecule has 1 saturated heterocycles. The van der Waals surface area contributed by atoms with E-state index in [0.29, 0.717) is 5.70 Å². The normalized spacial score (nSPS) is 15.3. The van der Waals surface area contributed by atoms with Crippen LogP contribution in [0.25, 0.3) is 11.1 Å². The van der Waals surface area contributed by atoms with E-state index in [9.17, 15) is 0 Å². The zero-order valence-electron chi connectivity index (χ0n) is 19.9. The molecule has 2 aromatic carbocycles. The van der Waals surface area contributed by atoms with Gasteiger partial charge < -0.3 is 11.1 Å². The summed E-state index contributed by atoms with van der Waals surface area (Å²) < 4.78 is 0. The molecular weight excluding hydrogens is 418 g/mol. The summed E-state index contributed by atoms with van der Waals surface area (Å²) in [6.45, 7) is 10.8. The van der Waals surface area contributed by atoms with Crippen LogP contribution in [0, 0.1) is 0 Å². The van der Waals surface area contributed by atoms with Crippen LogP contribution in [0.1, 0.15) is 23.7 Å². The van der Waals surface area contributed by atoms with Crippen molar-refractivity contribution in [2.45, 2.75) is 19.9 Å². The van der Waals surface area contributed by atoms with Gasteiger partial charge in [0.05, 0.1) is 11.4 Å². The molecule has 0 aliphatic carbocycles. The van der Waals surface area contributed by atoms with Crippen molar-refractivity contribution in [2.24, 2.45) is 10.7 Å². The first-order valence-electron chi connectivity index (χ1n) is 11.8. The highest BCUT2D eigenvalue weighted by atomic mass is 15.2. The molecule has 0 saturated carbocycles. The second kappa shape index (κ2) is 11.5. The Balaban J connectivity index is 1.35. The van der Waals surface area contributed by atoms with E-state index in [1.165, 1.54) is 16.7 Å². The highest BCUT2D eigenvalue weighted by Crippen LogP contribution is 2.22. The third-order valence-corrected chi connectivity index (χ3v) is 5.97. The Morgan fingerprint density at radius 3 is 2.26 bits per heavy atom. The van der Waals surface area contributed by atoms with E-state index in [-0.39, 0.29) is 0 Å². The second-order valence-corrected chi connectivity index (χ2v) is 8.71. The highest BCUT2D eigenvalue weighted by molar-refractivity contribution is 5.95. The van der Waals surface area contributed by atoms with Gasteiger partial charge in [-0.2, -0.15) is 0 Å². The Morgan fingerprint density at radius 1 is 1.00 bits per heavy atom. The molecule has 0 radical (unpaired) electrons. The Morgan fingerprint density at radius 2 is 1.65 bits per heavy atom. The van der Waals surface area contributed by atoms with Crippen LogP contribution in [-0.2, 0) is 13.0 Å². The highest BCUT2D eigenvalue weighted by Gasteiger charge is 2.10. The molecule has 34 heavy (non-hydrogen) atoms. The predicted octanol–water partition coefficient (Wildman–Crippen LogP) is 4.87. The molecule has 3 N–H and O–H groups in total. The van der Waals surface area contributed by atoms with Crippen molar-refractivity contribution >= 4 is 11.4 Å². The number of nitrogens with two attached hydrogens (primary N) is 1. The van der Waals surface area contributed by atoms with E-state index in [4.69, 9.17) is 10.7 Å². The molecule has 3 aromatic rings. The summed E-state index contributed by atoms with van der Waals surface area (Å²) in [4.78, 5) is 11.7. The molecule has 0 amide bonds. The van der Waals surface area contributed by atoms with Crippen LogP contribution < -0.4 is 11.1 Å². The van der Waals surface area contributed by atoms with Crippen molar-refractivity contribution < 1.29 is 0 Å². The summed E-state index contributed by atoms with van der Waals surface area (Å²) in [6.07, 6.45) is 6.31. The first-order valence-corrected chi connectivity index (χ1v) is 11.8. The molecule has 5 nitrogen and oxygen atoms in total. The minimum Gasteiger partial charge on any atom is -0.399 e. The van der Waals surface area contributed by atoms with E-state index in [2.05, 4.69) is 70.3 Å². The number of piperazine rings is 1. The van der Waals surface area contributed by atoms with Crippen molar-refractivity contribution in [3.8, 4) is 11.1 Å². The van der Waals surface area contributed by atoms with E-state index >= 15 is 0 Å². The average molecular weight is 452 g/mol. The van der Waals surface area contributed by atoms with E-state index < -0.39 is 0 Å². The number of hydrogen-bond donors (Lipinski definition) is 2. The zero-order valence-corrected chi connectivity index (χ0v) is 19.9. The van der Waals surface area contributed by atoms with Crippen LogP contribution in [0.2, 0.25) is 0 Å². The molecule has 174 valence electrons. The quantitative estimate of drug-likeness (QED) is 0.379. The SMILES string of the molecule is C=CC(N)=CC(C)=Nc1ccc(Cc2ccc(-c3ccc(CN4CCNCC4)nc3)cc2)cc1. The van der Waals surface area contributed by atoms with Gasteiger partial charge in [0.25, 0.3) is 0 Å². The molecule has 5 heteroatoms. The smallest absolute Gasteiger partial charge is 0.0633 e. The summed E-state index contributed by atoms with van der Waals surface area (Å²) in [5.74, 6) is 0. The molecule has 0 spiro atoms. The fourth-order valence-corrected chi connectivity index (χ4v) is 4.06. The lowest BCUT2D eigenvalue weighted by Gasteiger charge is -2.26. The number of hydrogen-bond acceptors (Lipinski definition) is 5. The van der Waals surface area contributed by atoms with Crippen molar-refractivity contribution in [1.82, 2.24) is 15.2 Å². The maximum Gasteiger partial charge on any atom is 0.0633 e. The van der Waals surface area contributed by atoms with E-state index in [1.807, 2.05) is 31.3 Å². The molecule has 2 heterocycles. The molecule has 4 rings (SSSR count). The molecular formula is C29H33N5. The minimum atomic E-state index is 0.614. The lowest BCUT2D eigenvalue weighted by Crippen LogP contribution is -2.43. The van der Waals surface area contributed by atoms with Gasteiger partial charge in [0, 0.05) is 55.9 Å². The van der Waals surface area contributed by atoms with Crippen LogP contribution in [0.5, 0.6) is 0 Å². The van der Waals surface area contributed by atoms with Crippen molar-refractivity contribution in [2.75, 3.05) is 26.2 Å². The van der Waals surface area contributed by atoms with Gasteiger partial charge in [-0.25, -0.2) is 0 Å². The number of benzene rings is 2. The summed E-state index contributed by atoms with van der Waals surface area (Å²) in [5.41, 5.74) is 14.2. The summed E-state index contributed by atoms with van der Waals surface area (Å²) in [6, 6.07) is 21.4. The zero-order chi connectivity index (χ0) is 23.8. The van der Waals surface area contributed by atoms with Gasteiger partial charge in [0.1, 0.15) is 0 Å². The molecule has 1 aliphatic rings. The molecule has 1 aromatic heterocycles. The van der Waals surface area contributed by atoms with Gasteiger partial charge in [0.15, 0.2) is 0 Å². The van der Waals surface area contributed by atoms with Crippen molar-refractivity contribution in [1.29, 1.82) is 0 Å². The number of pyridine rings is 1. The minimum absolute atomic E-state index is 0.614. The number of nitrogens with zero attached hydrogens (tertiary/aromatic N) is 3. The van der Waals surface area contributed by atoms with Gasteiger partial charge in [-0.05, 0) is 60.4 Å². The Bertz CT molecular complexity index is 1140. The Labute approximate surface area is 202 Å². The fourth-order valence-electron chi connectivity index (χ4n) is 4.06. The standard InChI is InChI=1S/C29H33N5/c1-3-27(30)18-22(2)33-28-11-6-24(7-12-28)19-23-4-8-25(9-5-23)26-10-13-29(32-20-26)21-34-16-14-31-15-17-34/h3-13,18,20,31H,1,14-17,19,21,30H2,2H3. The summed E-state index contributed by atoms with van der Waals surface area (Å²) in [7, 11) is 0. The largest absolute Gasteiger partial charge is 0.399 e. The van der Waals surface area contributed by atoms with E-state index in [1.54, 1.807) is 6.08 Å². The second-order valence-electron chi connectivity index (χ2n) is 8.71. The van der Waals surface area contributed by atoms with Crippen LogP contribution >= 0.6 is 0 Å². The maximum absolute atomic E-state index is 5.78. The summed E-state index contributed by atoms with van der Waals surface area (Å²) in [5, 5.41) is 3.39. The third-order valence-electron chi connectivity index (χ3n) is 5.97. The molecule has 0 unspecified atom stereocenters. The van der Waals surface area contributed by atoms with E-state index in [0.717, 1.165) is 61.8 Å². The number of aliphatic imine (C=N–C) groups is 1. The van der Waals surface area contributed by atoms with Crippen LogP contribution in [-0.4, -0.2) is 41.8 Å². The van der Waals surface area contributed by atoms with Gasteiger partial charge in [-0.1, -0.05) is 49.0 Å². The molecule has 1 aliphatic heterocycles. The van der Waals surface area contributed by atoms with Gasteiger partial charge in [-0.3, -0.25) is 14.9 Å². The van der Waals surface area contributed by atoms with Crippen molar-refractivity contribution in [3.63, 3.8) is 0 Å². The summed E-state index contributed by atoms with van der Waals surface area (Å²) >= 11 is 0. The monoisotopic (exact) mass is 451 g/mol. The fraction of sp³-hybridized carbons (Fsp3) is 0.241. The van der Waals surface area contributed by atoms with Crippen LogP contribution in [0.4, 0.5) is 5.69 Å². The number of nitrogens with one attached hydrogen (secondary N) is 1. The number of rotatable bonds is 8. The average Bonchev–Trinajstić information content (AvgIpc) is 2.87. The first-order chi connectivity index (χ1) is 16.6. The number of aromatic nitrogens is 1. The lowest BCUT2D eigenvalue weighted by molar-refractivity contribution is 0.231. The number of allylic oxidation sites excluding steroid dienone is 2.